The first-order valence-electron chi connectivity index (χ1n) is 14.0. The number of nitrogens with zero attached hydrogens (tertiary/aromatic N) is 2. The Kier molecular flexibility index (Phi) is 8.98. The Labute approximate surface area is 257 Å². The fourth-order valence-electron chi connectivity index (χ4n) is 5.16. The molecule has 0 spiro atoms. The van der Waals surface area contributed by atoms with Gasteiger partial charge >= 0.3 is 0 Å². The van der Waals surface area contributed by atoms with Gasteiger partial charge in [0, 0.05) is 22.1 Å². The van der Waals surface area contributed by atoms with Gasteiger partial charge in [0.05, 0.1) is 36.5 Å². The zero-order chi connectivity index (χ0) is 31.6. The molecular weight excluding hydrogens is 594 g/mol. The lowest BCUT2D eigenvalue weighted by Crippen LogP contribution is -2.43. The molecule has 12 heteroatoms. The van der Waals surface area contributed by atoms with E-state index >= 15 is 0 Å². The number of hydrogen-bond acceptors (Lipinski definition) is 7. The normalized spacial score (nSPS) is 14.2. The Morgan fingerprint density at radius 2 is 1.89 bits per heavy atom. The van der Waals surface area contributed by atoms with E-state index in [0.29, 0.717) is 45.8 Å². The van der Waals surface area contributed by atoms with Gasteiger partial charge in [-0.3, -0.25) is 9.59 Å². The molecule has 2 heterocycles. The van der Waals surface area contributed by atoms with Gasteiger partial charge in [0.15, 0.2) is 0 Å². The van der Waals surface area contributed by atoms with Crippen LogP contribution in [0.3, 0.4) is 0 Å². The fraction of sp³-hybridized carbons (Fsp3) is 0.312. The maximum Gasteiger partial charge on any atom is 0.251 e. The Balaban J connectivity index is 1.54. The first-order chi connectivity index (χ1) is 21.0. The molecule has 9 nitrogen and oxygen atoms in total. The van der Waals surface area contributed by atoms with Gasteiger partial charge < -0.3 is 25.6 Å². The Morgan fingerprint density at radius 3 is 2.52 bits per heavy atom. The van der Waals surface area contributed by atoms with Gasteiger partial charge in [0.1, 0.15) is 47.4 Å². The van der Waals surface area contributed by atoms with Crippen molar-refractivity contribution in [1.29, 1.82) is 0 Å². The van der Waals surface area contributed by atoms with E-state index in [-0.39, 0.29) is 53.8 Å². The molecule has 1 saturated carbocycles. The van der Waals surface area contributed by atoms with E-state index in [0.717, 1.165) is 0 Å². The number of aliphatic hydroxyl groups is 1. The molecule has 0 radical (unpaired) electrons. The highest BCUT2D eigenvalue weighted by molar-refractivity contribution is 6.31. The van der Waals surface area contributed by atoms with Gasteiger partial charge in [-0.05, 0) is 74.2 Å². The van der Waals surface area contributed by atoms with Crippen LogP contribution in [0.4, 0.5) is 8.78 Å². The number of rotatable bonds is 12. The molecule has 1 atom stereocenters. The Morgan fingerprint density at radius 1 is 1.16 bits per heavy atom. The van der Waals surface area contributed by atoms with Gasteiger partial charge in [0.2, 0.25) is 5.91 Å². The highest BCUT2D eigenvalue weighted by atomic mass is 35.5. The lowest BCUT2D eigenvalue weighted by molar-refractivity contribution is -0.117. The van der Waals surface area contributed by atoms with Crippen LogP contribution in [0.1, 0.15) is 40.2 Å². The fourth-order valence-corrected chi connectivity index (χ4v) is 5.32. The lowest BCUT2D eigenvalue weighted by atomic mass is 9.90. The third-order valence-electron chi connectivity index (χ3n) is 7.56. The second kappa shape index (κ2) is 12.7. The molecule has 2 aromatic carbocycles. The van der Waals surface area contributed by atoms with E-state index in [1.165, 1.54) is 37.4 Å². The topological polar surface area (TPSA) is 137 Å². The van der Waals surface area contributed by atoms with Crippen LogP contribution < -0.4 is 20.5 Å². The third-order valence-corrected chi connectivity index (χ3v) is 7.95. The standard InChI is InChI=1S/C32H31ClF2N4O5/c1-17-24(33)12-19-11-21(13-25(43-2)28(19)38-17)31(41)37-16-32(42,22-5-6-22)26-14-20(15-27(36)40)30(44-10-9-34)29(39-26)18-3-7-23(35)8-4-18/h3-4,7-8,11-14,22,42H,5-6,9-10,15-16H2,1-2H3,(H2,36,40)(H,37,41)/t32-/m1/s1. The Bertz CT molecular complexity index is 1730. The van der Waals surface area contributed by atoms with Crippen LogP contribution in [-0.2, 0) is 16.8 Å². The smallest absolute Gasteiger partial charge is 0.251 e. The summed E-state index contributed by atoms with van der Waals surface area (Å²) in [6, 6.07) is 11.8. The number of pyridine rings is 2. The van der Waals surface area contributed by atoms with Crippen molar-refractivity contribution in [1.82, 2.24) is 15.3 Å². The number of fused-ring (bicyclic) bond motifs is 1. The summed E-state index contributed by atoms with van der Waals surface area (Å²) >= 11 is 6.27. The molecule has 1 aliphatic carbocycles. The van der Waals surface area contributed by atoms with Crippen molar-refractivity contribution in [3.63, 3.8) is 0 Å². The molecule has 5 rings (SSSR count). The summed E-state index contributed by atoms with van der Waals surface area (Å²) in [6.07, 6.45) is 1.04. The highest BCUT2D eigenvalue weighted by Gasteiger charge is 2.47. The van der Waals surface area contributed by atoms with Crippen LogP contribution in [0.25, 0.3) is 22.2 Å². The molecule has 0 unspecified atom stereocenters. The van der Waals surface area contributed by atoms with Crippen molar-refractivity contribution in [2.24, 2.45) is 11.7 Å². The van der Waals surface area contributed by atoms with Crippen LogP contribution in [0.5, 0.6) is 11.5 Å². The molecule has 2 amide bonds. The minimum absolute atomic E-state index is 0.102. The number of primary amides is 1. The number of carbonyl (C=O) groups is 2. The van der Waals surface area contributed by atoms with Gasteiger partial charge in [-0.25, -0.2) is 18.7 Å². The number of aromatic nitrogens is 2. The van der Waals surface area contributed by atoms with E-state index in [2.05, 4.69) is 10.3 Å². The quantitative estimate of drug-likeness (QED) is 0.206. The minimum Gasteiger partial charge on any atom is -0.494 e. The number of ether oxygens (including phenoxy) is 2. The predicted molar refractivity (Wildman–Crippen MR) is 161 cm³/mol. The largest absolute Gasteiger partial charge is 0.494 e. The molecule has 44 heavy (non-hydrogen) atoms. The first-order valence-corrected chi connectivity index (χ1v) is 14.3. The number of nitrogens with two attached hydrogens (primary N) is 1. The third kappa shape index (κ3) is 6.44. The number of hydrogen-bond donors (Lipinski definition) is 3. The van der Waals surface area contributed by atoms with Crippen molar-refractivity contribution >= 4 is 34.3 Å². The SMILES string of the molecule is COc1cc(C(=O)NC[C@](O)(c2cc(CC(N)=O)c(OCCF)c(-c3ccc(F)cc3)n2)C2CC2)cc2cc(Cl)c(C)nc12. The second-order valence-corrected chi connectivity index (χ2v) is 11.1. The van der Waals surface area contributed by atoms with Crippen molar-refractivity contribution in [3.05, 3.63) is 81.9 Å². The van der Waals surface area contributed by atoms with Gasteiger partial charge in [0.25, 0.3) is 5.91 Å². The number of carbonyl (C=O) groups excluding carboxylic acids is 2. The molecule has 4 aromatic rings. The summed E-state index contributed by atoms with van der Waals surface area (Å²) in [5, 5.41) is 16.0. The summed E-state index contributed by atoms with van der Waals surface area (Å²) in [7, 11) is 1.48. The summed E-state index contributed by atoms with van der Waals surface area (Å²) in [5.74, 6) is -1.42. The molecule has 2 aromatic heterocycles. The number of methoxy groups -OCH3 is 1. The van der Waals surface area contributed by atoms with Gasteiger partial charge in [-0.2, -0.15) is 0 Å². The lowest BCUT2D eigenvalue weighted by Gasteiger charge is -2.30. The van der Waals surface area contributed by atoms with Crippen molar-refractivity contribution < 1.29 is 33.0 Å². The van der Waals surface area contributed by atoms with Crippen LogP contribution >= 0.6 is 11.6 Å². The molecule has 0 aliphatic heterocycles. The molecular formula is C32H31ClF2N4O5. The van der Waals surface area contributed by atoms with Gasteiger partial charge in [-0.1, -0.05) is 11.6 Å². The number of alkyl halides is 1. The zero-order valence-corrected chi connectivity index (χ0v) is 24.9. The first kappa shape index (κ1) is 31.1. The van der Waals surface area contributed by atoms with Crippen LogP contribution in [0.2, 0.25) is 5.02 Å². The number of aryl methyl sites for hydroxylation is 1. The van der Waals surface area contributed by atoms with Gasteiger partial charge in [-0.15, -0.1) is 0 Å². The van der Waals surface area contributed by atoms with Crippen LogP contribution in [-0.4, -0.2) is 53.8 Å². The number of halogens is 3. The monoisotopic (exact) mass is 624 g/mol. The molecule has 0 bridgehead atoms. The summed E-state index contributed by atoms with van der Waals surface area (Å²) in [4.78, 5) is 34.6. The Hall–Kier alpha value is -4.35. The molecule has 1 fully saturated rings. The predicted octanol–water partition coefficient (Wildman–Crippen LogP) is 4.81. The summed E-state index contributed by atoms with van der Waals surface area (Å²) in [5.41, 5.74) is 6.33. The van der Waals surface area contributed by atoms with Crippen molar-refractivity contribution in [3.8, 4) is 22.8 Å². The molecule has 0 saturated heterocycles. The zero-order valence-electron chi connectivity index (χ0n) is 24.1. The van der Waals surface area contributed by atoms with Crippen molar-refractivity contribution in [2.45, 2.75) is 31.8 Å². The van der Waals surface area contributed by atoms with E-state index in [1.807, 2.05) is 0 Å². The molecule has 4 N–H and O–H groups in total. The minimum atomic E-state index is -1.65. The number of amides is 2. The highest BCUT2D eigenvalue weighted by Crippen LogP contribution is 2.47. The van der Waals surface area contributed by atoms with Crippen LogP contribution in [0.15, 0.2) is 48.5 Å². The summed E-state index contributed by atoms with van der Waals surface area (Å²) in [6.45, 7) is 0.421. The number of benzene rings is 2. The maximum absolute atomic E-state index is 13.8. The summed E-state index contributed by atoms with van der Waals surface area (Å²) < 4.78 is 38.1. The average molecular weight is 625 g/mol. The molecule has 1 aliphatic rings. The number of nitrogens with one attached hydrogen (secondary N) is 1. The average Bonchev–Trinajstić information content (AvgIpc) is 3.85. The van der Waals surface area contributed by atoms with E-state index in [1.54, 1.807) is 25.1 Å². The van der Waals surface area contributed by atoms with Crippen LogP contribution in [0, 0.1) is 18.7 Å². The molecule has 230 valence electrons. The maximum atomic E-state index is 13.8. The van der Waals surface area contributed by atoms with E-state index in [4.69, 9.17) is 31.8 Å². The van der Waals surface area contributed by atoms with E-state index < -0.39 is 29.9 Å². The second-order valence-electron chi connectivity index (χ2n) is 10.7. The van der Waals surface area contributed by atoms with E-state index in [9.17, 15) is 23.5 Å². The van der Waals surface area contributed by atoms with Crippen molar-refractivity contribution in [2.75, 3.05) is 26.9 Å².